The molecule has 1 aromatic rings. The number of hydrogen-bond donors (Lipinski definition) is 1. The van der Waals surface area contributed by atoms with Crippen LogP contribution in [0.5, 0.6) is 0 Å². The van der Waals surface area contributed by atoms with Crippen LogP contribution in [0.15, 0.2) is 16.5 Å². The lowest BCUT2D eigenvalue weighted by Crippen LogP contribution is -2.63. The average Bonchev–Trinajstić information content (AvgIpc) is 3.25. The summed E-state index contributed by atoms with van der Waals surface area (Å²) in [5.74, 6) is 0.695. The molecule has 0 saturated heterocycles. The van der Waals surface area contributed by atoms with Gasteiger partial charge in [-0.25, -0.2) is 0 Å². The van der Waals surface area contributed by atoms with Gasteiger partial charge in [0.2, 0.25) is 5.91 Å². The van der Waals surface area contributed by atoms with Crippen molar-refractivity contribution in [2.45, 2.75) is 64.6 Å². The maximum atomic E-state index is 12.8. The first kappa shape index (κ1) is 18.0. The standard InChI is InChI=1S/C19H28N2O4/c1-4-24-17-11-16(19(17)9-5-6-10-19)21(3)18(23)15-8-7-14(25-15)12-20-13(2)22/h7-8,16-17H,4-6,9-12H2,1-3H3,(H,20,22)/t16-,17-/m0/s1. The summed E-state index contributed by atoms with van der Waals surface area (Å²) in [6.45, 7) is 4.51. The van der Waals surface area contributed by atoms with Gasteiger partial charge in [-0.3, -0.25) is 9.59 Å². The monoisotopic (exact) mass is 348 g/mol. The van der Waals surface area contributed by atoms with Crippen molar-refractivity contribution in [1.29, 1.82) is 0 Å². The zero-order valence-corrected chi connectivity index (χ0v) is 15.3. The van der Waals surface area contributed by atoms with Crippen molar-refractivity contribution in [3.05, 3.63) is 23.7 Å². The van der Waals surface area contributed by atoms with Crippen LogP contribution in [-0.2, 0) is 16.1 Å². The van der Waals surface area contributed by atoms with E-state index in [1.165, 1.54) is 19.8 Å². The lowest BCUT2D eigenvalue weighted by atomic mass is 9.60. The Kier molecular flexibility index (Phi) is 5.18. The normalized spacial score (nSPS) is 24.1. The van der Waals surface area contributed by atoms with E-state index in [0.717, 1.165) is 25.9 Å². The number of nitrogens with zero attached hydrogens (tertiary/aromatic N) is 1. The van der Waals surface area contributed by atoms with Crippen LogP contribution in [0.2, 0.25) is 0 Å². The molecular formula is C19H28N2O4. The first-order chi connectivity index (χ1) is 12.0. The smallest absolute Gasteiger partial charge is 0.289 e. The topological polar surface area (TPSA) is 71.8 Å². The fourth-order valence-corrected chi connectivity index (χ4v) is 4.51. The molecule has 2 amide bonds. The number of hydrogen-bond acceptors (Lipinski definition) is 4. The molecule has 2 saturated carbocycles. The van der Waals surface area contributed by atoms with Gasteiger partial charge in [0, 0.05) is 32.0 Å². The molecule has 0 unspecified atom stereocenters. The van der Waals surface area contributed by atoms with Crippen LogP contribution in [0, 0.1) is 5.41 Å². The Morgan fingerprint density at radius 2 is 2.08 bits per heavy atom. The van der Waals surface area contributed by atoms with Gasteiger partial charge in [0.15, 0.2) is 5.76 Å². The molecule has 0 radical (unpaired) electrons. The molecule has 2 aliphatic carbocycles. The third kappa shape index (κ3) is 3.32. The molecule has 1 N–H and O–H groups in total. The second kappa shape index (κ2) is 7.20. The Labute approximate surface area is 148 Å². The minimum absolute atomic E-state index is 0.0969. The van der Waals surface area contributed by atoms with Crippen LogP contribution in [0.1, 0.15) is 62.3 Å². The number of ether oxygens (including phenoxy) is 1. The number of furan rings is 1. The summed E-state index contributed by atoms with van der Waals surface area (Å²) in [7, 11) is 1.87. The summed E-state index contributed by atoms with van der Waals surface area (Å²) < 4.78 is 11.6. The number of nitrogens with one attached hydrogen (secondary N) is 1. The zero-order chi connectivity index (χ0) is 18.0. The van der Waals surface area contributed by atoms with Crippen molar-refractivity contribution in [3.63, 3.8) is 0 Å². The van der Waals surface area contributed by atoms with Gasteiger partial charge in [0.1, 0.15) is 5.76 Å². The average molecular weight is 348 g/mol. The Bertz CT molecular complexity index is 633. The Hall–Kier alpha value is -1.82. The molecule has 0 bridgehead atoms. The van der Waals surface area contributed by atoms with E-state index >= 15 is 0 Å². The van der Waals surface area contributed by atoms with Crippen LogP contribution in [-0.4, -0.2) is 42.5 Å². The van der Waals surface area contributed by atoms with Gasteiger partial charge >= 0.3 is 0 Å². The Morgan fingerprint density at radius 1 is 1.36 bits per heavy atom. The van der Waals surface area contributed by atoms with Crippen molar-refractivity contribution < 1.29 is 18.7 Å². The quantitative estimate of drug-likeness (QED) is 0.858. The molecule has 138 valence electrons. The molecule has 25 heavy (non-hydrogen) atoms. The van der Waals surface area contributed by atoms with Gasteiger partial charge in [-0.1, -0.05) is 12.8 Å². The fraction of sp³-hybridized carbons (Fsp3) is 0.684. The summed E-state index contributed by atoms with van der Waals surface area (Å²) in [6.07, 6.45) is 5.85. The van der Waals surface area contributed by atoms with Crippen LogP contribution < -0.4 is 5.32 Å². The number of carbonyl (C=O) groups excluding carboxylic acids is 2. The summed E-state index contributed by atoms with van der Waals surface area (Å²) in [5.41, 5.74) is 0.117. The van der Waals surface area contributed by atoms with Gasteiger partial charge in [-0.15, -0.1) is 0 Å². The predicted octanol–water partition coefficient (Wildman–Crippen LogP) is 2.73. The Morgan fingerprint density at radius 3 is 2.72 bits per heavy atom. The molecule has 2 fully saturated rings. The van der Waals surface area contributed by atoms with Crippen LogP contribution in [0.3, 0.4) is 0 Å². The number of rotatable bonds is 6. The molecule has 1 heterocycles. The van der Waals surface area contributed by atoms with E-state index in [9.17, 15) is 9.59 Å². The van der Waals surface area contributed by atoms with Crippen LogP contribution >= 0.6 is 0 Å². The van der Waals surface area contributed by atoms with Gasteiger partial charge < -0.3 is 19.4 Å². The summed E-state index contributed by atoms with van der Waals surface area (Å²) in [6, 6.07) is 3.64. The van der Waals surface area contributed by atoms with E-state index in [2.05, 4.69) is 5.32 Å². The van der Waals surface area contributed by atoms with Gasteiger partial charge in [0.25, 0.3) is 5.91 Å². The summed E-state index contributed by atoms with van der Waals surface area (Å²) in [4.78, 5) is 25.7. The van der Waals surface area contributed by atoms with Crippen molar-refractivity contribution in [2.75, 3.05) is 13.7 Å². The molecular weight excluding hydrogens is 320 g/mol. The van der Waals surface area contributed by atoms with Gasteiger partial charge in [-0.2, -0.15) is 0 Å². The lowest BCUT2D eigenvalue weighted by molar-refractivity contribution is -0.152. The first-order valence-corrected chi connectivity index (χ1v) is 9.20. The van der Waals surface area contributed by atoms with Crippen molar-refractivity contribution >= 4 is 11.8 Å². The minimum Gasteiger partial charge on any atom is -0.454 e. The maximum absolute atomic E-state index is 12.8. The third-order valence-electron chi connectivity index (χ3n) is 5.82. The highest BCUT2D eigenvalue weighted by molar-refractivity contribution is 5.91. The largest absolute Gasteiger partial charge is 0.454 e. The predicted molar refractivity (Wildman–Crippen MR) is 93.0 cm³/mol. The molecule has 6 heteroatoms. The number of amides is 2. The molecule has 2 atom stereocenters. The van der Waals surface area contributed by atoms with E-state index in [1.807, 2.05) is 18.9 Å². The van der Waals surface area contributed by atoms with E-state index in [0.29, 0.717) is 18.1 Å². The fourth-order valence-electron chi connectivity index (χ4n) is 4.51. The zero-order valence-electron chi connectivity index (χ0n) is 15.3. The molecule has 1 spiro atoms. The highest BCUT2D eigenvalue weighted by atomic mass is 16.5. The minimum atomic E-state index is -0.124. The van der Waals surface area contributed by atoms with E-state index in [1.54, 1.807) is 12.1 Å². The molecule has 3 rings (SSSR count). The molecule has 2 aliphatic rings. The molecule has 0 aliphatic heterocycles. The van der Waals surface area contributed by atoms with E-state index in [-0.39, 0.29) is 29.4 Å². The third-order valence-corrected chi connectivity index (χ3v) is 5.82. The Balaban J connectivity index is 1.67. The second-order valence-electron chi connectivity index (χ2n) is 7.23. The summed E-state index contributed by atoms with van der Waals surface area (Å²) in [5, 5.41) is 2.67. The summed E-state index contributed by atoms with van der Waals surface area (Å²) >= 11 is 0. The first-order valence-electron chi connectivity index (χ1n) is 9.20. The highest BCUT2D eigenvalue weighted by Crippen LogP contribution is 2.56. The van der Waals surface area contributed by atoms with Crippen molar-refractivity contribution in [3.8, 4) is 0 Å². The van der Waals surface area contributed by atoms with E-state index < -0.39 is 0 Å². The van der Waals surface area contributed by atoms with Crippen molar-refractivity contribution in [1.82, 2.24) is 10.2 Å². The lowest BCUT2D eigenvalue weighted by Gasteiger charge is -2.56. The molecule has 0 aromatic carbocycles. The van der Waals surface area contributed by atoms with Gasteiger partial charge in [-0.05, 0) is 38.3 Å². The maximum Gasteiger partial charge on any atom is 0.289 e. The van der Waals surface area contributed by atoms with Gasteiger partial charge in [0.05, 0.1) is 12.6 Å². The number of carbonyl (C=O) groups is 2. The van der Waals surface area contributed by atoms with Crippen LogP contribution in [0.4, 0.5) is 0 Å². The second-order valence-corrected chi connectivity index (χ2v) is 7.23. The molecule has 1 aromatic heterocycles. The SMILES string of the molecule is CCO[C@H]1C[C@H](N(C)C(=O)c2ccc(CNC(C)=O)o2)C12CCCC2. The van der Waals surface area contributed by atoms with Crippen molar-refractivity contribution in [2.24, 2.45) is 5.41 Å². The van der Waals surface area contributed by atoms with E-state index in [4.69, 9.17) is 9.15 Å². The highest BCUT2D eigenvalue weighted by Gasteiger charge is 2.59. The molecule has 6 nitrogen and oxygen atoms in total. The van der Waals surface area contributed by atoms with Crippen LogP contribution in [0.25, 0.3) is 0 Å².